The summed E-state index contributed by atoms with van der Waals surface area (Å²) in [6.45, 7) is 10.5. The van der Waals surface area contributed by atoms with E-state index < -0.39 is 9.84 Å². The summed E-state index contributed by atoms with van der Waals surface area (Å²) >= 11 is 0. The third-order valence-electron chi connectivity index (χ3n) is 2.12. The van der Waals surface area contributed by atoms with Crippen molar-refractivity contribution in [3.8, 4) is 0 Å². The Morgan fingerprint density at radius 1 is 1.08 bits per heavy atom. The SMILES string of the molecule is C=CCC(C)S(=O)(=O)C(C)CC=C. The van der Waals surface area contributed by atoms with Gasteiger partial charge >= 0.3 is 0 Å². The second-order valence-electron chi connectivity index (χ2n) is 3.26. The highest BCUT2D eigenvalue weighted by atomic mass is 32.2. The molecule has 0 aliphatic heterocycles. The smallest absolute Gasteiger partial charge is 0.156 e. The third kappa shape index (κ3) is 3.35. The molecule has 0 saturated heterocycles. The van der Waals surface area contributed by atoms with Gasteiger partial charge in [-0.2, -0.15) is 0 Å². The maximum absolute atomic E-state index is 11.7. The summed E-state index contributed by atoms with van der Waals surface area (Å²) in [5.74, 6) is 0. The molecule has 2 unspecified atom stereocenters. The lowest BCUT2D eigenvalue weighted by Crippen LogP contribution is -2.27. The number of hydrogen-bond donors (Lipinski definition) is 0. The molecule has 0 spiro atoms. The minimum Gasteiger partial charge on any atom is -0.228 e. The zero-order valence-electron chi connectivity index (χ0n) is 8.36. The predicted octanol–water partition coefficient (Wildman–Crippen LogP) is 2.33. The van der Waals surface area contributed by atoms with Crippen molar-refractivity contribution in [3.05, 3.63) is 25.3 Å². The number of hydrogen-bond acceptors (Lipinski definition) is 2. The molecule has 0 aliphatic carbocycles. The van der Waals surface area contributed by atoms with Crippen molar-refractivity contribution in [2.75, 3.05) is 0 Å². The molecule has 3 heteroatoms. The molecule has 0 bridgehead atoms. The minimum atomic E-state index is -3.01. The molecule has 0 heterocycles. The molecule has 76 valence electrons. The zero-order valence-corrected chi connectivity index (χ0v) is 9.18. The first kappa shape index (κ1) is 12.4. The van der Waals surface area contributed by atoms with Crippen LogP contribution in [0.2, 0.25) is 0 Å². The van der Waals surface area contributed by atoms with E-state index >= 15 is 0 Å². The van der Waals surface area contributed by atoms with Crippen molar-refractivity contribution in [1.29, 1.82) is 0 Å². The van der Waals surface area contributed by atoms with Crippen molar-refractivity contribution in [1.82, 2.24) is 0 Å². The Morgan fingerprint density at radius 3 is 1.62 bits per heavy atom. The van der Waals surface area contributed by atoms with Crippen LogP contribution in [0.4, 0.5) is 0 Å². The Balaban J connectivity index is 4.54. The largest absolute Gasteiger partial charge is 0.228 e. The summed E-state index contributed by atoms with van der Waals surface area (Å²) in [4.78, 5) is 0. The van der Waals surface area contributed by atoms with Crippen LogP contribution in [0.15, 0.2) is 25.3 Å². The highest BCUT2D eigenvalue weighted by molar-refractivity contribution is 7.92. The monoisotopic (exact) mass is 202 g/mol. The lowest BCUT2D eigenvalue weighted by Gasteiger charge is -2.16. The molecule has 0 aromatic rings. The van der Waals surface area contributed by atoms with Crippen molar-refractivity contribution < 1.29 is 8.42 Å². The lowest BCUT2D eigenvalue weighted by atomic mass is 10.3. The van der Waals surface area contributed by atoms with Gasteiger partial charge < -0.3 is 0 Å². The van der Waals surface area contributed by atoms with Gasteiger partial charge in [0.2, 0.25) is 0 Å². The van der Waals surface area contributed by atoms with Crippen LogP contribution in [0.1, 0.15) is 26.7 Å². The quantitative estimate of drug-likeness (QED) is 0.619. The van der Waals surface area contributed by atoms with E-state index in [4.69, 9.17) is 0 Å². The first-order valence-corrected chi connectivity index (χ1v) is 6.02. The average Bonchev–Trinajstić information content (AvgIpc) is 2.05. The van der Waals surface area contributed by atoms with Gasteiger partial charge in [-0.15, -0.1) is 13.2 Å². The van der Waals surface area contributed by atoms with E-state index in [0.717, 1.165) is 0 Å². The van der Waals surface area contributed by atoms with Gasteiger partial charge in [0.05, 0.1) is 10.5 Å². The summed E-state index contributed by atoms with van der Waals surface area (Å²) in [6, 6.07) is 0. The second-order valence-corrected chi connectivity index (χ2v) is 6.05. The zero-order chi connectivity index (χ0) is 10.5. The van der Waals surface area contributed by atoms with Crippen LogP contribution in [-0.4, -0.2) is 18.9 Å². The Kier molecular flexibility index (Phi) is 4.99. The number of allylic oxidation sites excluding steroid dienone is 2. The Hall–Kier alpha value is -0.570. The normalized spacial score (nSPS) is 16.2. The maximum Gasteiger partial charge on any atom is 0.156 e. The summed E-state index contributed by atoms with van der Waals surface area (Å²) in [5.41, 5.74) is 0. The van der Waals surface area contributed by atoms with Crippen LogP contribution in [0.25, 0.3) is 0 Å². The maximum atomic E-state index is 11.7. The van der Waals surface area contributed by atoms with Crippen molar-refractivity contribution in [3.63, 3.8) is 0 Å². The number of sulfone groups is 1. The highest BCUT2D eigenvalue weighted by Gasteiger charge is 2.25. The standard InChI is InChI=1S/C10H18O2S/c1-5-7-9(3)13(11,12)10(4)8-6-2/h5-6,9-10H,1-2,7-8H2,3-4H3. The molecule has 2 nitrogen and oxygen atoms in total. The second kappa shape index (κ2) is 5.22. The van der Waals surface area contributed by atoms with Crippen LogP contribution >= 0.6 is 0 Å². The molecule has 13 heavy (non-hydrogen) atoms. The summed E-state index contributed by atoms with van der Waals surface area (Å²) in [7, 11) is -3.01. The fourth-order valence-electron chi connectivity index (χ4n) is 1.13. The van der Waals surface area contributed by atoms with E-state index in [1.807, 2.05) is 0 Å². The molecule has 0 aromatic carbocycles. The van der Waals surface area contributed by atoms with Gasteiger partial charge in [0.25, 0.3) is 0 Å². The summed E-state index contributed by atoms with van der Waals surface area (Å²) < 4.78 is 23.4. The van der Waals surface area contributed by atoms with E-state index in [1.54, 1.807) is 26.0 Å². The molecule has 0 radical (unpaired) electrons. The summed E-state index contributed by atoms with van der Waals surface area (Å²) in [6.07, 6.45) is 4.32. The number of rotatable bonds is 6. The van der Waals surface area contributed by atoms with Crippen LogP contribution < -0.4 is 0 Å². The molecule has 0 saturated carbocycles. The molecule has 0 fully saturated rings. The van der Waals surface area contributed by atoms with Gasteiger partial charge in [0.1, 0.15) is 0 Å². The van der Waals surface area contributed by atoms with Crippen LogP contribution in [-0.2, 0) is 9.84 Å². The molecule has 0 rings (SSSR count). The summed E-state index contributed by atoms with van der Waals surface area (Å²) in [5, 5.41) is -0.667. The van der Waals surface area contributed by atoms with Gasteiger partial charge in [-0.1, -0.05) is 12.2 Å². The van der Waals surface area contributed by atoms with Crippen LogP contribution in [0.5, 0.6) is 0 Å². The average molecular weight is 202 g/mol. The van der Waals surface area contributed by atoms with Gasteiger partial charge in [-0.05, 0) is 26.7 Å². The van der Waals surface area contributed by atoms with Gasteiger partial charge in [-0.3, -0.25) is 0 Å². The first-order valence-electron chi connectivity index (χ1n) is 4.41. The fourth-order valence-corrected chi connectivity index (χ4v) is 2.74. The fraction of sp³-hybridized carbons (Fsp3) is 0.600. The van der Waals surface area contributed by atoms with Gasteiger partial charge in [0.15, 0.2) is 9.84 Å². The Labute approximate surface area is 81.3 Å². The molecule has 0 N–H and O–H groups in total. The van der Waals surface area contributed by atoms with E-state index in [0.29, 0.717) is 12.8 Å². The van der Waals surface area contributed by atoms with Crippen LogP contribution in [0, 0.1) is 0 Å². The Morgan fingerprint density at radius 2 is 1.38 bits per heavy atom. The molecular weight excluding hydrogens is 184 g/mol. The molecule has 2 atom stereocenters. The minimum absolute atomic E-state index is 0.333. The van der Waals surface area contributed by atoms with E-state index in [1.165, 1.54) is 0 Å². The molecular formula is C10H18O2S. The first-order chi connectivity index (χ1) is 5.96. The Bertz CT molecular complexity index is 243. The van der Waals surface area contributed by atoms with E-state index in [2.05, 4.69) is 13.2 Å². The van der Waals surface area contributed by atoms with E-state index in [-0.39, 0.29) is 10.5 Å². The molecule has 0 amide bonds. The van der Waals surface area contributed by atoms with Crippen LogP contribution in [0.3, 0.4) is 0 Å². The molecule has 0 aromatic heterocycles. The van der Waals surface area contributed by atoms with Crippen molar-refractivity contribution in [2.24, 2.45) is 0 Å². The van der Waals surface area contributed by atoms with Gasteiger partial charge in [0, 0.05) is 0 Å². The highest BCUT2D eigenvalue weighted by Crippen LogP contribution is 2.15. The lowest BCUT2D eigenvalue weighted by molar-refractivity contribution is 0.571. The van der Waals surface area contributed by atoms with Crippen molar-refractivity contribution in [2.45, 2.75) is 37.2 Å². The van der Waals surface area contributed by atoms with E-state index in [9.17, 15) is 8.42 Å². The predicted molar refractivity (Wildman–Crippen MR) is 57.5 cm³/mol. The topological polar surface area (TPSA) is 34.1 Å². The molecule has 0 aliphatic rings. The van der Waals surface area contributed by atoms with Crippen molar-refractivity contribution >= 4 is 9.84 Å². The van der Waals surface area contributed by atoms with Gasteiger partial charge in [-0.25, -0.2) is 8.42 Å². The third-order valence-corrected chi connectivity index (χ3v) is 4.75.